The number of hydrogen-bond donors (Lipinski definition) is 1. The van der Waals surface area contributed by atoms with Crippen molar-refractivity contribution in [2.75, 3.05) is 38.4 Å². The fraction of sp³-hybridized carbons (Fsp3) is 0.278. The van der Waals surface area contributed by atoms with Crippen molar-refractivity contribution in [1.29, 1.82) is 0 Å². The SMILES string of the molecule is COc1ccc(OCCN(CC(=O)Nc2ccccc2F)S(C)(=O)=O)cc1. The largest absolute Gasteiger partial charge is 0.497 e. The Bertz CT molecular complexity index is 872. The zero-order chi connectivity index (χ0) is 19.9. The molecule has 0 fully saturated rings. The maximum absolute atomic E-state index is 13.6. The van der Waals surface area contributed by atoms with Crippen LogP contribution in [0.15, 0.2) is 48.5 Å². The van der Waals surface area contributed by atoms with E-state index in [-0.39, 0.29) is 18.8 Å². The first-order valence-corrected chi connectivity index (χ1v) is 9.91. The monoisotopic (exact) mass is 396 g/mol. The Kier molecular flexibility index (Phi) is 7.14. The minimum absolute atomic E-state index is 0.00886. The van der Waals surface area contributed by atoms with Crippen molar-refractivity contribution < 1.29 is 27.1 Å². The zero-order valence-corrected chi connectivity index (χ0v) is 15.8. The lowest BCUT2D eigenvalue weighted by Gasteiger charge is -2.19. The molecule has 0 spiro atoms. The van der Waals surface area contributed by atoms with E-state index < -0.39 is 28.3 Å². The summed E-state index contributed by atoms with van der Waals surface area (Å²) in [5.74, 6) is -0.0282. The first-order chi connectivity index (χ1) is 12.8. The molecule has 0 atom stereocenters. The van der Waals surface area contributed by atoms with Crippen molar-refractivity contribution in [2.45, 2.75) is 0 Å². The third-order valence-corrected chi connectivity index (χ3v) is 4.86. The van der Waals surface area contributed by atoms with Crippen LogP contribution in [0.3, 0.4) is 0 Å². The quantitative estimate of drug-likeness (QED) is 0.702. The Morgan fingerprint density at radius 1 is 1.11 bits per heavy atom. The van der Waals surface area contributed by atoms with E-state index >= 15 is 0 Å². The molecule has 7 nitrogen and oxygen atoms in total. The van der Waals surface area contributed by atoms with E-state index in [1.54, 1.807) is 37.4 Å². The first-order valence-electron chi connectivity index (χ1n) is 8.06. The van der Waals surface area contributed by atoms with Crippen molar-refractivity contribution >= 4 is 21.6 Å². The number of amides is 1. The molecule has 2 aromatic rings. The Morgan fingerprint density at radius 3 is 2.33 bits per heavy atom. The summed E-state index contributed by atoms with van der Waals surface area (Å²) in [6, 6.07) is 12.5. The van der Waals surface area contributed by atoms with Gasteiger partial charge in [0, 0.05) is 6.54 Å². The Balaban J connectivity index is 1.92. The summed E-state index contributed by atoms with van der Waals surface area (Å²) >= 11 is 0. The molecule has 2 rings (SSSR count). The minimum Gasteiger partial charge on any atom is -0.497 e. The van der Waals surface area contributed by atoms with Crippen molar-refractivity contribution in [2.24, 2.45) is 0 Å². The number of benzene rings is 2. The van der Waals surface area contributed by atoms with Gasteiger partial charge in [0.1, 0.15) is 23.9 Å². The molecule has 0 aliphatic carbocycles. The average molecular weight is 396 g/mol. The number of hydrogen-bond acceptors (Lipinski definition) is 5. The van der Waals surface area contributed by atoms with Gasteiger partial charge in [0.25, 0.3) is 0 Å². The number of methoxy groups -OCH3 is 1. The van der Waals surface area contributed by atoms with Gasteiger partial charge in [0.2, 0.25) is 15.9 Å². The van der Waals surface area contributed by atoms with Gasteiger partial charge in [-0.1, -0.05) is 12.1 Å². The maximum Gasteiger partial charge on any atom is 0.239 e. The highest BCUT2D eigenvalue weighted by molar-refractivity contribution is 7.88. The molecule has 1 N–H and O–H groups in total. The van der Waals surface area contributed by atoms with Gasteiger partial charge in [-0.2, -0.15) is 4.31 Å². The molecular formula is C18H21FN2O5S. The minimum atomic E-state index is -3.65. The van der Waals surface area contributed by atoms with Gasteiger partial charge < -0.3 is 14.8 Å². The number of nitrogens with zero attached hydrogens (tertiary/aromatic N) is 1. The molecular weight excluding hydrogens is 375 g/mol. The third-order valence-electron chi connectivity index (χ3n) is 3.61. The second-order valence-corrected chi connectivity index (χ2v) is 7.63. The Hall–Kier alpha value is -2.65. The molecule has 9 heteroatoms. The van der Waals surface area contributed by atoms with E-state index in [1.165, 1.54) is 18.2 Å². The number of rotatable bonds is 9. The number of carbonyl (C=O) groups is 1. The van der Waals surface area contributed by atoms with Gasteiger partial charge in [0.05, 0.1) is 25.6 Å². The van der Waals surface area contributed by atoms with Gasteiger partial charge in [-0.05, 0) is 36.4 Å². The molecule has 146 valence electrons. The van der Waals surface area contributed by atoms with E-state index in [0.29, 0.717) is 11.5 Å². The van der Waals surface area contributed by atoms with E-state index in [2.05, 4.69) is 5.32 Å². The van der Waals surface area contributed by atoms with Gasteiger partial charge in [-0.3, -0.25) is 4.79 Å². The Morgan fingerprint density at radius 2 is 1.74 bits per heavy atom. The van der Waals surface area contributed by atoms with Gasteiger partial charge >= 0.3 is 0 Å². The third kappa shape index (κ3) is 6.54. The molecule has 0 bridgehead atoms. The Labute approximate surface area is 157 Å². The standard InChI is InChI=1S/C18H21FN2O5S/c1-25-14-7-9-15(10-8-14)26-12-11-21(27(2,23)24)13-18(22)20-17-6-4-3-5-16(17)19/h3-10H,11-13H2,1-2H3,(H,20,22). The molecule has 1 amide bonds. The summed E-state index contributed by atoms with van der Waals surface area (Å²) in [5.41, 5.74) is -0.00886. The second-order valence-electron chi connectivity index (χ2n) is 5.65. The van der Waals surface area contributed by atoms with Crippen molar-refractivity contribution in [1.82, 2.24) is 4.31 Å². The fourth-order valence-electron chi connectivity index (χ4n) is 2.21. The van der Waals surface area contributed by atoms with Crippen LogP contribution < -0.4 is 14.8 Å². The molecule has 0 saturated carbocycles. The number of ether oxygens (including phenoxy) is 2. The summed E-state index contributed by atoms with van der Waals surface area (Å²) in [4.78, 5) is 12.1. The van der Waals surface area contributed by atoms with E-state index in [1.807, 2.05) is 0 Å². The predicted octanol–water partition coefficient (Wildman–Crippen LogP) is 2.11. The summed E-state index contributed by atoms with van der Waals surface area (Å²) in [6.07, 6.45) is 0.997. The fourth-order valence-corrected chi connectivity index (χ4v) is 2.97. The predicted molar refractivity (Wildman–Crippen MR) is 99.9 cm³/mol. The molecule has 0 aliphatic heterocycles. The number of nitrogens with one attached hydrogen (secondary N) is 1. The normalized spacial score (nSPS) is 11.3. The number of anilines is 1. The van der Waals surface area contributed by atoms with Crippen LogP contribution in [0.2, 0.25) is 0 Å². The highest BCUT2D eigenvalue weighted by Crippen LogP contribution is 2.17. The van der Waals surface area contributed by atoms with Crippen LogP contribution in [0.1, 0.15) is 0 Å². The second kappa shape index (κ2) is 9.33. The lowest BCUT2D eigenvalue weighted by Crippen LogP contribution is -2.39. The van der Waals surface area contributed by atoms with Crippen LogP contribution in [0.25, 0.3) is 0 Å². The molecule has 0 unspecified atom stereocenters. The average Bonchev–Trinajstić information content (AvgIpc) is 2.62. The molecule has 0 aliphatic rings. The molecule has 0 aromatic heterocycles. The van der Waals surface area contributed by atoms with Crippen LogP contribution in [-0.2, 0) is 14.8 Å². The highest BCUT2D eigenvalue weighted by Gasteiger charge is 2.20. The lowest BCUT2D eigenvalue weighted by molar-refractivity contribution is -0.116. The van der Waals surface area contributed by atoms with Crippen LogP contribution in [0.4, 0.5) is 10.1 Å². The van der Waals surface area contributed by atoms with Gasteiger partial charge in [-0.15, -0.1) is 0 Å². The number of carbonyl (C=O) groups excluding carboxylic acids is 1. The van der Waals surface area contributed by atoms with Gasteiger partial charge in [0.15, 0.2) is 0 Å². The summed E-state index contributed by atoms with van der Waals surface area (Å²) in [7, 11) is -2.10. The van der Waals surface area contributed by atoms with E-state index in [0.717, 1.165) is 10.6 Å². The number of halogens is 1. The lowest BCUT2D eigenvalue weighted by atomic mass is 10.3. The molecule has 0 heterocycles. The molecule has 27 heavy (non-hydrogen) atoms. The van der Waals surface area contributed by atoms with E-state index in [4.69, 9.17) is 9.47 Å². The van der Waals surface area contributed by atoms with Crippen LogP contribution in [0, 0.1) is 5.82 Å². The number of para-hydroxylation sites is 1. The molecule has 2 aromatic carbocycles. The zero-order valence-electron chi connectivity index (χ0n) is 15.0. The van der Waals surface area contributed by atoms with Crippen molar-refractivity contribution in [3.05, 3.63) is 54.3 Å². The van der Waals surface area contributed by atoms with Crippen LogP contribution >= 0.6 is 0 Å². The topological polar surface area (TPSA) is 84.9 Å². The summed E-state index contributed by atoms with van der Waals surface area (Å²) in [5, 5.41) is 2.36. The van der Waals surface area contributed by atoms with Crippen LogP contribution in [0.5, 0.6) is 11.5 Å². The molecule has 0 saturated heterocycles. The first kappa shape index (κ1) is 20.7. The van der Waals surface area contributed by atoms with Crippen molar-refractivity contribution in [3.8, 4) is 11.5 Å². The van der Waals surface area contributed by atoms with Crippen LogP contribution in [-0.4, -0.2) is 51.7 Å². The van der Waals surface area contributed by atoms with E-state index in [9.17, 15) is 17.6 Å². The van der Waals surface area contributed by atoms with Gasteiger partial charge in [-0.25, -0.2) is 12.8 Å². The summed E-state index contributed by atoms with van der Waals surface area (Å²) in [6.45, 7) is -0.429. The maximum atomic E-state index is 13.6. The molecule has 0 radical (unpaired) electrons. The highest BCUT2D eigenvalue weighted by atomic mass is 32.2. The van der Waals surface area contributed by atoms with Crippen molar-refractivity contribution in [3.63, 3.8) is 0 Å². The number of sulfonamides is 1. The summed E-state index contributed by atoms with van der Waals surface area (Å²) < 4.78 is 48.9. The smallest absolute Gasteiger partial charge is 0.239 e.